The predicted octanol–water partition coefficient (Wildman–Crippen LogP) is 5.32. The largest absolute Gasteiger partial charge is 0.370 e. The Balaban J connectivity index is 2.23. The number of nitrogens with zero attached hydrogens (tertiary/aromatic N) is 2. The van der Waals surface area contributed by atoms with Gasteiger partial charge in [0.05, 0.1) is 10.0 Å². The van der Waals surface area contributed by atoms with Crippen LogP contribution in [0.25, 0.3) is 0 Å². The van der Waals surface area contributed by atoms with E-state index in [1.165, 1.54) is 0 Å². The van der Waals surface area contributed by atoms with Gasteiger partial charge in [-0.05, 0) is 24.6 Å². The van der Waals surface area contributed by atoms with Crippen LogP contribution < -0.4 is 5.32 Å². The average Bonchev–Trinajstić information content (AvgIpc) is 2.48. The zero-order valence-corrected chi connectivity index (χ0v) is 14.3. The molecule has 0 bridgehead atoms. The van der Waals surface area contributed by atoms with Gasteiger partial charge in [0.2, 0.25) is 0 Å². The first-order chi connectivity index (χ1) is 10.1. The minimum absolute atomic E-state index is 0.552. The Kier molecular flexibility index (Phi) is 6.15. The van der Waals surface area contributed by atoms with E-state index in [9.17, 15) is 0 Å². The van der Waals surface area contributed by atoms with Crippen LogP contribution in [0.4, 0.5) is 5.82 Å². The highest BCUT2D eigenvalue weighted by Gasteiger charge is 2.07. The van der Waals surface area contributed by atoms with Crippen LogP contribution in [0.5, 0.6) is 0 Å². The Morgan fingerprint density at radius 3 is 2.57 bits per heavy atom. The zero-order valence-electron chi connectivity index (χ0n) is 12.0. The van der Waals surface area contributed by atoms with Gasteiger partial charge in [0.1, 0.15) is 16.7 Å². The van der Waals surface area contributed by atoms with Crippen LogP contribution in [0.3, 0.4) is 0 Å². The van der Waals surface area contributed by atoms with Gasteiger partial charge in [-0.2, -0.15) is 0 Å². The molecule has 0 aliphatic carbocycles. The van der Waals surface area contributed by atoms with Gasteiger partial charge in [-0.25, -0.2) is 9.97 Å². The van der Waals surface area contributed by atoms with E-state index in [1.807, 2.05) is 25.1 Å². The number of aromatic nitrogens is 2. The molecule has 0 spiro atoms. The number of halogens is 2. The first-order valence-electron chi connectivity index (χ1n) is 6.87. The van der Waals surface area contributed by atoms with Gasteiger partial charge in [-0.15, -0.1) is 0 Å². The number of benzene rings is 1. The van der Waals surface area contributed by atoms with Gasteiger partial charge in [-0.1, -0.05) is 48.8 Å². The molecule has 21 heavy (non-hydrogen) atoms. The van der Waals surface area contributed by atoms with Gasteiger partial charge >= 0.3 is 0 Å². The molecular formula is C15H17Cl2N3S. The van der Waals surface area contributed by atoms with E-state index in [2.05, 4.69) is 22.2 Å². The minimum atomic E-state index is 0.552. The maximum atomic E-state index is 6.05. The number of aryl methyl sites for hydroxylation is 1. The van der Waals surface area contributed by atoms with Crippen molar-refractivity contribution >= 4 is 40.8 Å². The van der Waals surface area contributed by atoms with E-state index in [-0.39, 0.29) is 0 Å². The molecule has 0 fully saturated rings. The van der Waals surface area contributed by atoms with E-state index in [0.29, 0.717) is 10.0 Å². The van der Waals surface area contributed by atoms with Gasteiger partial charge in [-0.3, -0.25) is 0 Å². The van der Waals surface area contributed by atoms with Crippen molar-refractivity contribution in [2.24, 2.45) is 0 Å². The second-order valence-corrected chi connectivity index (χ2v) is 6.37. The first kappa shape index (κ1) is 16.4. The Morgan fingerprint density at radius 2 is 1.90 bits per heavy atom. The molecule has 0 radical (unpaired) electrons. The van der Waals surface area contributed by atoms with Crippen molar-refractivity contribution in [1.29, 1.82) is 0 Å². The molecule has 2 aromatic rings. The lowest BCUT2D eigenvalue weighted by atomic mass is 10.4. The second-order valence-electron chi connectivity index (χ2n) is 4.47. The molecule has 0 unspecified atom stereocenters. The topological polar surface area (TPSA) is 37.8 Å². The predicted molar refractivity (Wildman–Crippen MR) is 90.8 cm³/mol. The molecule has 0 saturated heterocycles. The van der Waals surface area contributed by atoms with Crippen LogP contribution in [0, 0.1) is 0 Å². The fraction of sp³-hybridized carbons (Fsp3) is 0.333. The molecule has 0 aliphatic rings. The highest BCUT2D eigenvalue weighted by atomic mass is 35.5. The lowest BCUT2D eigenvalue weighted by Gasteiger charge is -2.09. The summed E-state index contributed by atoms with van der Waals surface area (Å²) >= 11 is 13.5. The Hall–Kier alpha value is -0.970. The van der Waals surface area contributed by atoms with Crippen LogP contribution in [-0.2, 0) is 6.42 Å². The fourth-order valence-corrected chi connectivity index (χ4v) is 2.93. The number of hydrogen-bond acceptors (Lipinski definition) is 4. The smallest absolute Gasteiger partial charge is 0.131 e. The van der Waals surface area contributed by atoms with Crippen LogP contribution >= 0.6 is 35.0 Å². The Morgan fingerprint density at radius 1 is 1.10 bits per heavy atom. The van der Waals surface area contributed by atoms with Crippen LogP contribution in [-0.4, -0.2) is 16.5 Å². The first-order valence-corrected chi connectivity index (χ1v) is 8.44. The molecule has 6 heteroatoms. The average molecular weight is 342 g/mol. The summed E-state index contributed by atoms with van der Waals surface area (Å²) < 4.78 is 0. The molecule has 1 N–H and O–H groups in total. The lowest BCUT2D eigenvalue weighted by molar-refractivity contribution is 0.877. The van der Waals surface area contributed by atoms with Crippen molar-refractivity contribution in [2.75, 3.05) is 11.9 Å². The zero-order chi connectivity index (χ0) is 15.2. The monoisotopic (exact) mass is 341 g/mol. The third-order valence-electron chi connectivity index (χ3n) is 2.73. The van der Waals surface area contributed by atoms with E-state index < -0.39 is 0 Å². The highest BCUT2D eigenvalue weighted by Crippen LogP contribution is 2.32. The molecule has 112 valence electrons. The molecular weight excluding hydrogens is 325 g/mol. The summed E-state index contributed by atoms with van der Waals surface area (Å²) in [7, 11) is 0. The summed E-state index contributed by atoms with van der Waals surface area (Å²) in [4.78, 5) is 10.0. The third kappa shape index (κ3) is 4.77. The summed E-state index contributed by atoms with van der Waals surface area (Å²) in [5.74, 6) is 1.70. The standard InChI is InChI=1S/C15H17Cl2N3S/c1-3-7-18-14-9-15(20-13(4-2)19-14)21-10-5-6-11(16)12(17)8-10/h5-6,8-9H,3-4,7H2,1-2H3,(H,18,19,20). The van der Waals surface area contributed by atoms with E-state index in [4.69, 9.17) is 23.2 Å². The third-order valence-corrected chi connectivity index (χ3v) is 4.38. The summed E-state index contributed by atoms with van der Waals surface area (Å²) in [6.45, 7) is 5.07. The fourth-order valence-electron chi connectivity index (χ4n) is 1.69. The number of rotatable bonds is 6. The minimum Gasteiger partial charge on any atom is -0.370 e. The molecule has 0 saturated carbocycles. The molecule has 0 atom stereocenters. The SMILES string of the molecule is CCCNc1cc(Sc2ccc(Cl)c(Cl)c2)nc(CC)n1. The van der Waals surface area contributed by atoms with E-state index in [0.717, 1.165) is 41.0 Å². The number of anilines is 1. The van der Waals surface area contributed by atoms with Crippen molar-refractivity contribution < 1.29 is 0 Å². The Labute approximate surface area is 139 Å². The maximum absolute atomic E-state index is 6.05. The summed E-state index contributed by atoms with van der Waals surface area (Å²) in [6.07, 6.45) is 1.86. The van der Waals surface area contributed by atoms with Crippen molar-refractivity contribution in [3.63, 3.8) is 0 Å². The summed E-state index contributed by atoms with van der Waals surface area (Å²) in [6, 6.07) is 7.54. The number of hydrogen-bond donors (Lipinski definition) is 1. The second kappa shape index (κ2) is 7.87. The normalized spacial score (nSPS) is 10.7. The molecule has 1 aromatic heterocycles. The lowest BCUT2D eigenvalue weighted by Crippen LogP contribution is -2.05. The number of nitrogens with one attached hydrogen (secondary N) is 1. The van der Waals surface area contributed by atoms with Gasteiger partial charge in [0.25, 0.3) is 0 Å². The summed E-state index contributed by atoms with van der Waals surface area (Å²) in [5.41, 5.74) is 0. The van der Waals surface area contributed by atoms with Gasteiger partial charge in [0, 0.05) is 23.9 Å². The molecule has 2 rings (SSSR count). The molecule has 1 aromatic carbocycles. The van der Waals surface area contributed by atoms with Gasteiger partial charge in [0.15, 0.2) is 0 Å². The molecule has 3 nitrogen and oxygen atoms in total. The van der Waals surface area contributed by atoms with E-state index in [1.54, 1.807) is 17.8 Å². The van der Waals surface area contributed by atoms with Crippen molar-refractivity contribution in [2.45, 2.75) is 36.6 Å². The van der Waals surface area contributed by atoms with Gasteiger partial charge < -0.3 is 5.32 Å². The highest BCUT2D eigenvalue weighted by molar-refractivity contribution is 7.99. The molecule has 0 amide bonds. The molecule has 0 aliphatic heterocycles. The van der Waals surface area contributed by atoms with Crippen molar-refractivity contribution in [3.8, 4) is 0 Å². The van der Waals surface area contributed by atoms with Crippen molar-refractivity contribution in [3.05, 3.63) is 40.1 Å². The van der Waals surface area contributed by atoms with Crippen molar-refractivity contribution in [1.82, 2.24) is 9.97 Å². The quantitative estimate of drug-likeness (QED) is 0.721. The van der Waals surface area contributed by atoms with Crippen LogP contribution in [0.15, 0.2) is 34.2 Å². The maximum Gasteiger partial charge on any atom is 0.131 e. The Bertz CT molecular complexity index is 620. The molecule has 1 heterocycles. The van der Waals surface area contributed by atoms with E-state index >= 15 is 0 Å². The van der Waals surface area contributed by atoms with Crippen LogP contribution in [0.2, 0.25) is 10.0 Å². The summed E-state index contributed by atoms with van der Waals surface area (Å²) in [5, 5.41) is 5.32. The van der Waals surface area contributed by atoms with Crippen LogP contribution in [0.1, 0.15) is 26.1 Å².